The van der Waals surface area contributed by atoms with Crippen molar-refractivity contribution in [2.75, 3.05) is 0 Å². The molecule has 1 aromatic rings. The standard InChI is InChI=1S/C8H7BF4O3/c1-4-2-5(9(14)15)7(10)6(3-4)16-8(11,12)13/h2-3,14-15H,1H3. The molecule has 0 heterocycles. The lowest BCUT2D eigenvalue weighted by molar-refractivity contribution is -0.275. The molecule has 0 aliphatic rings. The number of aryl methyl sites for hydroxylation is 1. The lowest BCUT2D eigenvalue weighted by atomic mass is 9.79. The number of rotatable bonds is 2. The Kier molecular flexibility index (Phi) is 3.44. The minimum absolute atomic E-state index is 0.212. The SMILES string of the molecule is Cc1cc(OC(F)(F)F)c(F)c(B(O)O)c1. The fourth-order valence-electron chi connectivity index (χ4n) is 1.15. The van der Waals surface area contributed by atoms with E-state index in [0.29, 0.717) is 0 Å². The fourth-order valence-corrected chi connectivity index (χ4v) is 1.15. The van der Waals surface area contributed by atoms with Gasteiger partial charge in [0.05, 0.1) is 0 Å². The van der Waals surface area contributed by atoms with Gasteiger partial charge in [0.15, 0.2) is 11.6 Å². The second-order valence-corrected chi connectivity index (χ2v) is 3.09. The Morgan fingerprint density at radius 3 is 2.25 bits per heavy atom. The van der Waals surface area contributed by atoms with E-state index >= 15 is 0 Å². The maximum absolute atomic E-state index is 13.3. The molecule has 0 aliphatic carbocycles. The van der Waals surface area contributed by atoms with Gasteiger partial charge in [-0.15, -0.1) is 13.2 Å². The van der Waals surface area contributed by atoms with E-state index in [4.69, 9.17) is 10.0 Å². The highest BCUT2D eigenvalue weighted by atomic mass is 19.4. The first-order valence-electron chi connectivity index (χ1n) is 4.12. The van der Waals surface area contributed by atoms with Crippen LogP contribution < -0.4 is 10.2 Å². The number of benzene rings is 1. The molecule has 0 amide bonds. The van der Waals surface area contributed by atoms with Gasteiger partial charge in [0.2, 0.25) is 0 Å². The summed E-state index contributed by atoms with van der Waals surface area (Å²) in [6.07, 6.45) is -5.04. The number of ether oxygens (including phenoxy) is 1. The monoisotopic (exact) mass is 238 g/mol. The van der Waals surface area contributed by atoms with Crippen LogP contribution in [-0.4, -0.2) is 23.5 Å². The molecule has 0 fully saturated rings. The van der Waals surface area contributed by atoms with Gasteiger partial charge in [-0.25, -0.2) is 4.39 Å². The van der Waals surface area contributed by atoms with Crippen molar-refractivity contribution in [3.05, 3.63) is 23.5 Å². The fraction of sp³-hybridized carbons (Fsp3) is 0.250. The van der Waals surface area contributed by atoms with Gasteiger partial charge in [-0.2, -0.15) is 0 Å². The highest BCUT2D eigenvalue weighted by molar-refractivity contribution is 6.58. The predicted molar refractivity (Wildman–Crippen MR) is 47.6 cm³/mol. The molecule has 3 nitrogen and oxygen atoms in total. The van der Waals surface area contributed by atoms with Crippen LogP contribution in [0.15, 0.2) is 12.1 Å². The molecule has 0 unspecified atom stereocenters. The highest BCUT2D eigenvalue weighted by Gasteiger charge is 2.33. The van der Waals surface area contributed by atoms with Crippen molar-refractivity contribution < 1.29 is 32.3 Å². The third-order valence-corrected chi connectivity index (χ3v) is 1.72. The molecule has 1 rings (SSSR count). The smallest absolute Gasteiger partial charge is 0.423 e. The maximum atomic E-state index is 13.3. The lowest BCUT2D eigenvalue weighted by Gasteiger charge is -2.12. The number of hydrogen-bond donors (Lipinski definition) is 2. The molecule has 88 valence electrons. The van der Waals surface area contributed by atoms with Crippen LogP contribution in [-0.2, 0) is 0 Å². The van der Waals surface area contributed by atoms with Gasteiger partial charge in [-0.1, -0.05) is 6.07 Å². The van der Waals surface area contributed by atoms with Gasteiger partial charge in [0.1, 0.15) is 0 Å². The molecule has 0 spiro atoms. The largest absolute Gasteiger partial charge is 0.573 e. The summed E-state index contributed by atoms with van der Waals surface area (Å²) in [5.41, 5.74) is -0.456. The summed E-state index contributed by atoms with van der Waals surface area (Å²) in [6.45, 7) is 1.37. The van der Waals surface area contributed by atoms with Crippen molar-refractivity contribution >= 4 is 12.6 Å². The zero-order valence-corrected chi connectivity index (χ0v) is 8.05. The van der Waals surface area contributed by atoms with Gasteiger partial charge in [0.25, 0.3) is 0 Å². The first-order chi connectivity index (χ1) is 7.20. The molecule has 16 heavy (non-hydrogen) atoms. The van der Waals surface area contributed by atoms with Crippen molar-refractivity contribution in [3.8, 4) is 5.75 Å². The van der Waals surface area contributed by atoms with E-state index in [-0.39, 0.29) is 5.56 Å². The molecule has 0 aliphatic heterocycles. The van der Waals surface area contributed by atoms with E-state index in [1.807, 2.05) is 0 Å². The molecule has 0 aromatic heterocycles. The molecule has 2 N–H and O–H groups in total. The van der Waals surface area contributed by atoms with Crippen molar-refractivity contribution in [2.45, 2.75) is 13.3 Å². The van der Waals surface area contributed by atoms with Crippen LogP contribution in [0.5, 0.6) is 5.75 Å². The van der Waals surface area contributed by atoms with Crippen LogP contribution in [0.25, 0.3) is 0 Å². The first-order valence-corrected chi connectivity index (χ1v) is 4.12. The summed E-state index contributed by atoms with van der Waals surface area (Å²) in [4.78, 5) is 0. The third-order valence-electron chi connectivity index (χ3n) is 1.72. The van der Waals surface area contributed by atoms with Crippen molar-refractivity contribution in [3.63, 3.8) is 0 Å². The Morgan fingerprint density at radius 1 is 1.25 bits per heavy atom. The van der Waals surface area contributed by atoms with E-state index in [1.165, 1.54) is 6.92 Å². The molecule has 0 saturated heterocycles. The summed E-state index contributed by atoms with van der Waals surface area (Å²) in [5.74, 6) is -2.53. The number of alkyl halides is 3. The van der Waals surface area contributed by atoms with Crippen LogP contribution in [0.3, 0.4) is 0 Å². The van der Waals surface area contributed by atoms with E-state index < -0.39 is 30.5 Å². The normalized spacial score (nSPS) is 11.4. The van der Waals surface area contributed by atoms with Gasteiger partial charge in [-0.3, -0.25) is 0 Å². The number of hydrogen-bond acceptors (Lipinski definition) is 3. The van der Waals surface area contributed by atoms with Crippen LogP contribution in [0.2, 0.25) is 0 Å². The lowest BCUT2D eigenvalue weighted by Crippen LogP contribution is -2.34. The molecule has 0 atom stereocenters. The molecule has 0 radical (unpaired) electrons. The third kappa shape index (κ3) is 3.11. The summed E-state index contributed by atoms with van der Waals surface area (Å²) in [5, 5.41) is 17.5. The second kappa shape index (κ2) is 4.30. The average Bonchev–Trinajstić information content (AvgIpc) is 2.07. The quantitative estimate of drug-likeness (QED) is 0.589. The average molecular weight is 238 g/mol. The number of halogens is 4. The van der Waals surface area contributed by atoms with Crippen molar-refractivity contribution in [2.24, 2.45) is 0 Å². The molecular formula is C8H7BF4O3. The Hall–Kier alpha value is -1.28. The van der Waals surface area contributed by atoms with Crippen molar-refractivity contribution in [1.82, 2.24) is 0 Å². The highest BCUT2D eigenvalue weighted by Crippen LogP contribution is 2.25. The van der Waals surface area contributed by atoms with E-state index in [0.717, 1.165) is 12.1 Å². The summed E-state index contributed by atoms with van der Waals surface area (Å²) in [7, 11) is -2.20. The molecule has 0 saturated carbocycles. The topological polar surface area (TPSA) is 49.7 Å². The Labute approximate surface area is 88.4 Å². The van der Waals surface area contributed by atoms with Gasteiger partial charge in [0, 0.05) is 5.46 Å². The van der Waals surface area contributed by atoms with E-state index in [1.54, 1.807) is 0 Å². The minimum Gasteiger partial charge on any atom is -0.423 e. The summed E-state index contributed by atoms with van der Waals surface area (Å²) < 4.78 is 52.3. The van der Waals surface area contributed by atoms with Crippen molar-refractivity contribution in [1.29, 1.82) is 0 Å². The predicted octanol–water partition coefficient (Wildman–Crippen LogP) is 0.713. The summed E-state index contributed by atoms with van der Waals surface area (Å²) >= 11 is 0. The first kappa shape index (κ1) is 12.8. The molecule has 1 aromatic carbocycles. The zero-order valence-electron chi connectivity index (χ0n) is 8.05. The van der Waals surface area contributed by atoms with Crippen LogP contribution >= 0.6 is 0 Å². The molecule has 8 heteroatoms. The zero-order chi connectivity index (χ0) is 12.5. The van der Waals surface area contributed by atoms with E-state index in [9.17, 15) is 17.6 Å². The van der Waals surface area contributed by atoms with E-state index in [2.05, 4.69) is 4.74 Å². The maximum Gasteiger partial charge on any atom is 0.573 e. The van der Waals surface area contributed by atoms with Gasteiger partial charge in [-0.05, 0) is 18.6 Å². The minimum atomic E-state index is -5.04. The molecular weight excluding hydrogens is 231 g/mol. The van der Waals surface area contributed by atoms with Crippen LogP contribution in [0.1, 0.15) is 5.56 Å². The Bertz CT molecular complexity index is 392. The molecule has 0 bridgehead atoms. The van der Waals surface area contributed by atoms with Gasteiger partial charge < -0.3 is 14.8 Å². The summed E-state index contributed by atoms with van der Waals surface area (Å²) in [6, 6.07) is 1.83. The Morgan fingerprint density at radius 2 is 1.81 bits per heavy atom. The second-order valence-electron chi connectivity index (χ2n) is 3.09. The van der Waals surface area contributed by atoms with Crippen LogP contribution in [0, 0.1) is 12.7 Å². The Balaban J connectivity index is 3.19. The van der Waals surface area contributed by atoms with Gasteiger partial charge >= 0.3 is 13.5 Å². The van der Waals surface area contributed by atoms with Crippen LogP contribution in [0.4, 0.5) is 17.6 Å².